The van der Waals surface area contributed by atoms with Crippen LogP contribution in [-0.2, 0) is 10.9 Å². The Morgan fingerprint density at radius 3 is 2.45 bits per heavy atom. The molecule has 2 aromatic heterocycles. The second-order valence-corrected chi connectivity index (χ2v) is 11.0. The number of alkyl halides is 3. The fourth-order valence-corrected chi connectivity index (χ4v) is 4.76. The van der Waals surface area contributed by atoms with Gasteiger partial charge in [-0.15, -0.1) is 0 Å². The summed E-state index contributed by atoms with van der Waals surface area (Å²) in [5, 5.41) is 3.20. The van der Waals surface area contributed by atoms with Gasteiger partial charge < -0.3 is 19.7 Å². The van der Waals surface area contributed by atoms with Crippen molar-refractivity contribution >= 4 is 28.7 Å². The Hall–Kier alpha value is -4.61. The zero-order chi connectivity index (χ0) is 30.1. The van der Waals surface area contributed by atoms with E-state index in [0.717, 1.165) is 30.7 Å². The Morgan fingerprint density at radius 2 is 1.74 bits per heavy atom. The number of nitrogens with zero attached hydrogens (tertiary/aromatic N) is 4. The van der Waals surface area contributed by atoms with Crippen LogP contribution in [0.15, 0.2) is 67.1 Å². The number of fused-ring (bicyclic) bond motifs is 1. The first-order chi connectivity index (χ1) is 19.9. The van der Waals surface area contributed by atoms with E-state index < -0.39 is 23.4 Å². The van der Waals surface area contributed by atoms with Gasteiger partial charge in [-0.2, -0.15) is 13.2 Å². The van der Waals surface area contributed by atoms with Gasteiger partial charge in [0.05, 0.1) is 16.8 Å². The van der Waals surface area contributed by atoms with E-state index in [2.05, 4.69) is 15.3 Å². The average Bonchev–Trinajstić information content (AvgIpc) is 3.36. The summed E-state index contributed by atoms with van der Waals surface area (Å²) in [4.78, 5) is 35.6. The van der Waals surface area contributed by atoms with E-state index in [0.29, 0.717) is 35.6 Å². The third-order valence-electron chi connectivity index (χ3n) is 6.77. The van der Waals surface area contributed by atoms with Crippen LogP contribution in [0.2, 0.25) is 0 Å². The number of piperidine rings is 1. The van der Waals surface area contributed by atoms with Crippen LogP contribution in [0, 0.1) is 0 Å². The van der Waals surface area contributed by atoms with Crippen molar-refractivity contribution < 1.29 is 32.2 Å². The number of halogens is 3. The van der Waals surface area contributed by atoms with Crippen molar-refractivity contribution in [2.24, 2.45) is 0 Å². The van der Waals surface area contributed by atoms with E-state index >= 15 is 0 Å². The molecule has 4 aromatic rings. The van der Waals surface area contributed by atoms with Crippen LogP contribution in [0.4, 0.5) is 28.4 Å². The van der Waals surface area contributed by atoms with Crippen LogP contribution in [-0.4, -0.2) is 50.2 Å². The summed E-state index contributed by atoms with van der Waals surface area (Å²) in [6.07, 6.45) is -0.386. The highest BCUT2D eigenvalue weighted by atomic mass is 19.4. The van der Waals surface area contributed by atoms with Gasteiger partial charge in [0, 0.05) is 42.3 Å². The Kier molecular flexibility index (Phi) is 7.81. The summed E-state index contributed by atoms with van der Waals surface area (Å²) < 4.78 is 51.9. The lowest BCUT2D eigenvalue weighted by atomic mass is 9.93. The number of hydrogen-bond acceptors (Lipinski definition) is 6. The van der Waals surface area contributed by atoms with E-state index in [-0.39, 0.29) is 17.7 Å². The average molecular weight is 582 g/mol. The van der Waals surface area contributed by atoms with Gasteiger partial charge in [-0.1, -0.05) is 6.07 Å². The monoisotopic (exact) mass is 581 g/mol. The van der Waals surface area contributed by atoms with Gasteiger partial charge in [0.25, 0.3) is 0 Å². The summed E-state index contributed by atoms with van der Waals surface area (Å²) in [7, 11) is 0. The van der Waals surface area contributed by atoms with Crippen molar-refractivity contribution in [2.45, 2.75) is 51.3 Å². The molecule has 9 nitrogen and oxygen atoms in total. The van der Waals surface area contributed by atoms with Crippen LogP contribution in [0.25, 0.3) is 10.9 Å². The molecule has 2 amide bonds. The smallest absolute Gasteiger partial charge is 0.416 e. The summed E-state index contributed by atoms with van der Waals surface area (Å²) in [6.45, 7) is 6.65. The topological polar surface area (TPSA) is 98.6 Å². The molecule has 0 unspecified atom stereocenters. The number of likely N-dealkylation sites (tertiary alicyclic amines) is 1. The van der Waals surface area contributed by atoms with E-state index in [1.807, 2.05) is 20.8 Å². The fraction of sp³-hybridized carbons (Fsp3) is 0.333. The molecular formula is C30H30F3N5O4. The highest BCUT2D eigenvalue weighted by Crippen LogP contribution is 2.32. The Morgan fingerprint density at radius 1 is 0.976 bits per heavy atom. The lowest BCUT2D eigenvalue weighted by Gasteiger charge is -2.33. The molecule has 0 bridgehead atoms. The first kappa shape index (κ1) is 28.9. The molecule has 0 saturated carbocycles. The molecular weight excluding hydrogens is 551 g/mol. The van der Waals surface area contributed by atoms with Crippen LogP contribution >= 0.6 is 0 Å². The molecule has 1 aliphatic heterocycles. The molecule has 1 aliphatic rings. The number of nitrogens with one attached hydrogen (secondary N) is 1. The maximum atomic E-state index is 13.0. The van der Waals surface area contributed by atoms with Crippen LogP contribution in [0.3, 0.4) is 0 Å². The van der Waals surface area contributed by atoms with Gasteiger partial charge in [-0.25, -0.2) is 19.6 Å². The zero-order valence-electron chi connectivity index (χ0n) is 23.3. The molecule has 0 spiro atoms. The minimum Gasteiger partial charge on any atom is -0.444 e. The van der Waals surface area contributed by atoms with Gasteiger partial charge in [-0.3, -0.25) is 4.57 Å². The summed E-state index contributed by atoms with van der Waals surface area (Å²) >= 11 is 0. The maximum Gasteiger partial charge on any atom is 0.416 e. The van der Waals surface area contributed by atoms with Gasteiger partial charge in [0.15, 0.2) is 0 Å². The number of amides is 2. The number of rotatable bonds is 4. The number of aromatic nitrogens is 3. The first-order valence-electron chi connectivity index (χ1n) is 13.4. The molecule has 3 heterocycles. The number of hydrogen-bond donors (Lipinski definition) is 1. The molecule has 0 radical (unpaired) electrons. The Bertz CT molecular complexity index is 1600. The van der Waals surface area contributed by atoms with Crippen LogP contribution in [0.5, 0.6) is 11.6 Å². The van der Waals surface area contributed by atoms with Crippen molar-refractivity contribution in [2.75, 3.05) is 18.4 Å². The number of ether oxygens (including phenoxy) is 2. The van der Waals surface area contributed by atoms with Crippen molar-refractivity contribution in [3.63, 3.8) is 0 Å². The molecule has 2 aromatic carbocycles. The standard InChI is InChI=1S/C30H30F3N5O4/c1-29(2,3)42-28(40)37-12-9-19(10-13-37)24-17-26(35-18-34-24)41-23-7-8-25-20(15-23)11-14-38(25)27(39)36-22-6-4-5-21(16-22)30(31,32)33/h4-8,11,14-19H,9-10,12-13H2,1-3H3,(H,36,39). The molecule has 1 N–H and O–H groups in total. The number of carbonyl (C=O) groups is 2. The fourth-order valence-electron chi connectivity index (χ4n) is 4.76. The Balaban J connectivity index is 1.23. The molecule has 42 heavy (non-hydrogen) atoms. The second-order valence-electron chi connectivity index (χ2n) is 11.0. The van der Waals surface area contributed by atoms with Gasteiger partial charge in [0.2, 0.25) is 5.88 Å². The molecule has 1 saturated heterocycles. The lowest BCUT2D eigenvalue weighted by Crippen LogP contribution is -2.41. The number of anilines is 1. The quantitative estimate of drug-likeness (QED) is 0.269. The lowest BCUT2D eigenvalue weighted by molar-refractivity contribution is -0.137. The highest BCUT2D eigenvalue weighted by Gasteiger charge is 2.31. The predicted molar refractivity (Wildman–Crippen MR) is 150 cm³/mol. The second kappa shape index (κ2) is 11.3. The predicted octanol–water partition coefficient (Wildman–Crippen LogP) is 7.44. The van der Waals surface area contributed by atoms with E-state index in [9.17, 15) is 22.8 Å². The van der Waals surface area contributed by atoms with Crippen LogP contribution < -0.4 is 10.1 Å². The SMILES string of the molecule is CC(C)(C)OC(=O)N1CCC(c2cc(Oc3ccc4c(ccn4C(=O)Nc4cccc(C(F)(F)F)c4)c3)ncn2)CC1. The van der Waals surface area contributed by atoms with E-state index in [4.69, 9.17) is 9.47 Å². The number of benzene rings is 2. The van der Waals surface area contributed by atoms with Gasteiger partial charge in [0.1, 0.15) is 17.7 Å². The molecule has 12 heteroatoms. The molecule has 220 valence electrons. The largest absolute Gasteiger partial charge is 0.444 e. The van der Waals surface area contributed by atoms with Crippen molar-refractivity contribution in [1.29, 1.82) is 0 Å². The number of carbonyl (C=O) groups excluding carboxylic acids is 2. The minimum absolute atomic E-state index is 0.0340. The molecule has 1 fully saturated rings. The maximum absolute atomic E-state index is 13.0. The summed E-state index contributed by atoms with van der Waals surface area (Å²) in [6, 6.07) is 12.5. The molecule has 5 rings (SSSR count). The van der Waals surface area contributed by atoms with E-state index in [1.165, 1.54) is 29.2 Å². The van der Waals surface area contributed by atoms with Gasteiger partial charge in [-0.05, 0) is 76.1 Å². The Labute approximate surface area is 240 Å². The first-order valence-corrected chi connectivity index (χ1v) is 13.4. The molecule has 0 aliphatic carbocycles. The van der Waals surface area contributed by atoms with Crippen molar-refractivity contribution in [3.8, 4) is 11.6 Å². The highest BCUT2D eigenvalue weighted by molar-refractivity contribution is 5.98. The van der Waals surface area contributed by atoms with Crippen LogP contribution in [0.1, 0.15) is 50.8 Å². The third-order valence-corrected chi connectivity index (χ3v) is 6.77. The third kappa shape index (κ3) is 6.81. The van der Waals surface area contributed by atoms with E-state index in [1.54, 1.807) is 35.2 Å². The van der Waals surface area contributed by atoms with Crippen molar-refractivity contribution in [3.05, 3.63) is 78.4 Å². The normalized spacial score (nSPS) is 14.6. The molecule has 0 atom stereocenters. The summed E-state index contributed by atoms with van der Waals surface area (Å²) in [5.74, 6) is 0.986. The summed E-state index contributed by atoms with van der Waals surface area (Å²) in [5.41, 5.74) is 0.0107. The van der Waals surface area contributed by atoms with Gasteiger partial charge >= 0.3 is 18.3 Å². The zero-order valence-corrected chi connectivity index (χ0v) is 23.3. The van der Waals surface area contributed by atoms with Crippen molar-refractivity contribution in [1.82, 2.24) is 19.4 Å². The minimum atomic E-state index is -4.51.